The maximum Gasteiger partial charge on any atom is 0.159 e. The predicted octanol–water partition coefficient (Wildman–Crippen LogP) is 33.8. The second kappa shape index (κ2) is 28.0. The van der Waals surface area contributed by atoms with Crippen molar-refractivity contribution in [1.82, 2.24) is 0 Å². The number of anilines is 9. The zero-order valence-electron chi connectivity index (χ0n) is 66.1. The molecule has 0 amide bonds. The molecule has 0 aliphatic heterocycles. The number of benzene rings is 21. The molecule has 576 valence electrons. The number of para-hydroxylation sites is 8. The SMILES string of the molecule is c1ccc2c(c1)ccc1cccc(N(c3ccc4oc5ccccc5c4c3)c3ccc4oc5ccccc5c4c3)c12.c1ccc2c(c1)ccc1cccc(N(c3cccc4c3oc3ccccc34)c3cccc4c3oc3ccccc34)c12.c1ccc2c(c1)ccc1cccc(N(c3cccc4oc5ccccc5c34)c3cccc4oc5ccccc5c34)c12. The minimum atomic E-state index is 0.846. The van der Waals surface area contributed by atoms with Crippen molar-refractivity contribution in [3.63, 3.8) is 0 Å². The van der Waals surface area contributed by atoms with Crippen LogP contribution in [-0.4, -0.2) is 0 Å². The summed E-state index contributed by atoms with van der Waals surface area (Å²) < 4.78 is 38.3. The average molecular weight is 1580 g/mol. The second-order valence-electron chi connectivity index (χ2n) is 31.6. The fourth-order valence-corrected chi connectivity index (χ4v) is 19.3. The van der Waals surface area contributed by atoms with E-state index in [1.807, 2.05) is 72.8 Å². The van der Waals surface area contributed by atoms with Crippen LogP contribution in [0.1, 0.15) is 0 Å². The summed E-state index contributed by atoms with van der Waals surface area (Å²) in [6.07, 6.45) is 0. The lowest BCUT2D eigenvalue weighted by Crippen LogP contribution is -2.11. The van der Waals surface area contributed by atoms with Crippen molar-refractivity contribution in [3.8, 4) is 0 Å². The fourth-order valence-electron chi connectivity index (χ4n) is 19.3. The first-order valence-corrected chi connectivity index (χ1v) is 41.6. The first kappa shape index (κ1) is 69.5. The third-order valence-corrected chi connectivity index (χ3v) is 24.7. The number of nitrogens with zero attached hydrogens (tertiary/aromatic N) is 3. The smallest absolute Gasteiger partial charge is 0.159 e. The van der Waals surface area contributed by atoms with Crippen molar-refractivity contribution in [3.05, 3.63) is 419 Å². The first-order chi connectivity index (χ1) is 61.0. The zero-order valence-corrected chi connectivity index (χ0v) is 66.1. The molecule has 0 saturated heterocycles. The van der Waals surface area contributed by atoms with Crippen LogP contribution in [0.2, 0.25) is 0 Å². The molecule has 0 radical (unpaired) electrons. The third kappa shape index (κ3) is 11.2. The molecule has 6 heterocycles. The lowest BCUT2D eigenvalue weighted by molar-refractivity contribution is 0.666. The highest BCUT2D eigenvalue weighted by molar-refractivity contribution is 6.25. The maximum absolute atomic E-state index is 6.61. The van der Waals surface area contributed by atoms with Crippen LogP contribution in [0, 0.1) is 0 Å². The van der Waals surface area contributed by atoms with Crippen LogP contribution in [0.15, 0.2) is 445 Å². The van der Waals surface area contributed by atoms with E-state index in [4.69, 9.17) is 26.5 Å². The van der Waals surface area contributed by atoms with E-state index in [1.165, 1.54) is 64.6 Å². The Morgan fingerprint density at radius 3 is 0.756 bits per heavy atom. The van der Waals surface area contributed by atoms with Crippen LogP contribution in [-0.2, 0) is 0 Å². The Kier molecular flexibility index (Phi) is 15.8. The van der Waals surface area contributed by atoms with Gasteiger partial charge in [0, 0.05) is 81.4 Å². The fraction of sp³-hybridized carbons (Fsp3) is 0. The van der Waals surface area contributed by atoms with E-state index >= 15 is 0 Å². The van der Waals surface area contributed by atoms with Crippen LogP contribution in [0.4, 0.5) is 51.2 Å². The van der Waals surface area contributed by atoms with Gasteiger partial charge in [0.15, 0.2) is 11.2 Å². The molecule has 0 bridgehead atoms. The molecule has 0 aliphatic rings. The van der Waals surface area contributed by atoms with E-state index in [1.54, 1.807) is 0 Å². The van der Waals surface area contributed by atoms with Gasteiger partial charge in [-0.1, -0.05) is 291 Å². The highest BCUT2D eigenvalue weighted by Crippen LogP contribution is 2.53. The number of hydrogen-bond donors (Lipinski definition) is 0. The lowest BCUT2D eigenvalue weighted by atomic mass is 9.98. The minimum Gasteiger partial charge on any atom is -0.456 e. The van der Waals surface area contributed by atoms with E-state index < -0.39 is 0 Å². The van der Waals surface area contributed by atoms with Crippen molar-refractivity contribution in [2.75, 3.05) is 14.7 Å². The molecule has 123 heavy (non-hydrogen) atoms. The highest BCUT2D eigenvalue weighted by atomic mass is 16.4. The van der Waals surface area contributed by atoms with E-state index in [-0.39, 0.29) is 0 Å². The standard InChI is InChI=1S/3C38H23NO2/c1-2-12-26-24(10-1)22-23-25-11-7-17-31(36(25)26)39(32-18-8-15-29-27-13-3-5-20-34(27)40-37(29)32)33-19-9-16-30-28-14-4-6-21-35(28)41-38(30)33;1-2-12-26-24(10-1)22-23-25-11-7-15-29(36(25)26)39(30-16-8-20-34-37(30)27-13-3-5-18-32(27)40-34)31-17-9-21-35-38(31)28-14-4-6-19-33(28)41-35;1-2-10-28-24(8-1)16-17-25-9-7-13-33(38(25)28)39(26-18-20-36-31(22-26)29-11-3-5-14-34(29)40-36)27-19-21-37-32(23-27)30-12-4-6-15-35(30)41-37/h3*1-23H. The van der Waals surface area contributed by atoms with Gasteiger partial charge in [0.05, 0.1) is 50.6 Å². The van der Waals surface area contributed by atoms with Gasteiger partial charge in [-0.25, -0.2) is 0 Å². The summed E-state index contributed by atoms with van der Waals surface area (Å²) >= 11 is 0. The van der Waals surface area contributed by atoms with Crippen molar-refractivity contribution >= 4 is 247 Å². The quantitative estimate of drug-likeness (QED) is 0.131. The van der Waals surface area contributed by atoms with Crippen LogP contribution in [0.5, 0.6) is 0 Å². The molecule has 0 aliphatic carbocycles. The summed E-state index contributed by atoms with van der Waals surface area (Å²) in [7, 11) is 0. The highest BCUT2D eigenvalue weighted by Gasteiger charge is 2.29. The Labute approximate surface area is 702 Å². The van der Waals surface area contributed by atoms with Gasteiger partial charge in [-0.15, -0.1) is 0 Å². The Bertz CT molecular complexity index is 8640. The molecule has 0 atom stereocenters. The minimum absolute atomic E-state index is 0.846. The maximum atomic E-state index is 6.61. The number of furan rings is 6. The van der Waals surface area contributed by atoms with Crippen LogP contribution in [0.25, 0.3) is 196 Å². The molecule has 27 aromatic rings. The molecule has 0 unspecified atom stereocenters. The van der Waals surface area contributed by atoms with E-state index in [0.29, 0.717) is 0 Å². The van der Waals surface area contributed by atoms with E-state index in [0.717, 1.165) is 183 Å². The van der Waals surface area contributed by atoms with Gasteiger partial charge in [-0.05, 0) is 176 Å². The molecule has 0 saturated carbocycles. The van der Waals surface area contributed by atoms with Crippen LogP contribution < -0.4 is 14.7 Å². The van der Waals surface area contributed by atoms with Gasteiger partial charge in [-0.3, -0.25) is 0 Å². The summed E-state index contributed by atoms with van der Waals surface area (Å²) in [5, 5.41) is 27.7. The number of hydrogen-bond acceptors (Lipinski definition) is 9. The Morgan fingerprint density at radius 2 is 0.366 bits per heavy atom. The van der Waals surface area contributed by atoms with Gasteiger partial charge in [0.25, 0.3) is 0 Å². The second-order valence-corrected chi connectivity index (χ2v) is 31.6. The molecule has 6 aromatic heterocycles. The summed E-state index contributed by atoms with van der Waals surface area (Å²) in [4.78, 5) is 7.10. The molecule has 9 heteroatoms. The molecule has 0 spiro atoms. The topological polar surface area (TPSA) is 88.6 Å². The molecule has 9 nitrogen and oxygen atoms in total. The number of rotatable bonds is 9. The van der Waals surface area contributed by atoms with Crippen molar-refractivity contribution in [2.45, 2.75) is 0 Å². The van der Waals surface area contributed by atoms with Crippen molar-refractivity contribution in [2.24, 2.45) is 0 Å². The third-order valence-electron chi connectivity index (χ3n) is 24.7. The molecular formula is C114H69N3O6. The average Bonchev–Trinajstić information content (AvgIpc) is 1.66. The van der Waals surface area contributed by atoms with Gasteiger partial charge in [-0.2, -0.15) is 0 Å². The van der Waals surface area contributed by atoms with Gasteiger partial charge in [0.1, 0.15) is 55.8 Å². The zero-order chi connectivity index (χ0) is 80.7. The number of fused-ring (bicyclic) bond motifs is 27. The summed E-state index contributed by atoms with van der Waals surface area (Å²) in [6.45, 7) is 0. The Morgan fingerprint density at radius 1 is 0.130 bits per heavy atom. The summed E-state index contributed by atoms with van der Waals surface area (Å²) in [5.74, 6) is 0. The summed E-state index contributed by atoms with van der Waals surface area (Å²) in [5.41, 5.74) is 20.0. The van der Waals surface area contributed by atoms with Crippen LogP contribution in [0.3, 0.4) is 0 Å². The van der Waals surface area contributed by atoms with E-state index in [9.17, 15) is 0 Å². The molecule has 21 aromatic carbocycles. The molecule has 0 N–H and O–H groups in total. The molecule has 27 rings (SSSR count). The van der Waals surface area contributed by atoms with Gasteiger partial charge < -0.3 is 41.2 Å². The summed E-state index contributed by atoms with van der Waals surface area (Å²) in [6, 6.07) is 147. The lowest BCUT2D eigenvalue weighted by Gasteiger charge is -2.28. The van der Waals surface area contributed by atoms with Crippen molar-refractivity contribution < 1.29 is 26.5 Å². The largest absolute Gasteiger partial charge is 0.456 e. The molecule has 0 fully saturated rings. The Balaban J connectivity index is 0.000000101. The Hall–Kier alpha value is -16.6. The van der Waals surface area contributed by atoms with Crippen molar-refractivity contribution in [1.29, 1.82) is 0 Å². The monoisotopic (exact) mass is 1580 g/mol. The normalized spacial score (nSPS) is 11.9. The predicted molar refractivity (Wildman–Crippen MR) is 512 cm³/mol. The molecular weight excluding hydrogens is 1510 g/mol. The van der Waals surface area contributed by atoms with Gasteiger partial charge in [0.2, 0.25) is 0 Å². The van der Waals surface area contributed by atoms with Gasteiger partial charge >= 0.3 is 0 Å². The van der Waals surface area contributed by atoms with Crippen LogP contribution >= 0.6 is 0 Å². The van der Waals surface area contributed by atoms with E-state index in [2.05, 4.69) is 360 Å². The first-order valence-electron chi connectivity index (χ1n) is 41.6.